The minimum absolute atomic E-state index is 0.120. The van der Waals surface area contributed by atoms with E-state index in [0.29, 0.717) is 13.0 Å². The molecule has 1 aromatic heterocycles. The van der Waals surface area contributed by atoms with E-state index in [1.54, 1.807) is 17.5 Å². The number of nitriles is 1. The van der Waals surface area contributed by atoms with Crippen LogP contribution in [0.2, 0.25) is 0 Å². The molecule has 0 aliphatic rings. The summed E-state index contributed by atoms with van der Waals surface area (Å²) in [4.78, 5) is 4.24. The average Bonchev–Trinajstić information content (AvgIpc) is 2.56. The van der Waals surface area contributed by atoms with Crippen molar-refractivity contribution in [1.29, 1.82) is 5.26 Å². The van der Waals surface area contributed by atoms with Gasteiger partial charge in [0.05, 0.1) is 11.6 Å². The molecule has 0 radical (unpaired) electrons. The van der Waals surface area contributed by atoms with Crippen molar-refractivity contribution in [3.63, 3.8) is 0 Å². The minimum Gasteiger partial charge on any atom is -0.305 e. The van der Waals surface area contributed by atoms with E-state index >= 15 is 0 Å². The molecule has 0 unspecified atom stereocenters. The summed E-state index contributed by atoms with van der Waals surface area (Å²) >= 11 is 1.63. The molecule has 0 atom stereocenters. The van der Waals surface area contributed by atoms with Crippen molar-refractivity contribution >= 4 is 11.3 Å². The molecule has 0 amide bonds. The molecule has 1 heterocycles. The van der Waals surface area contributed by atoms with Crippen LogP contribution >= 0.6 is 11.3 Å². The molecular weight excluding hydrogens is 182 g/mol. The van der Waals surface area contributed by atoms with E-state index in [1.807, 2.05) is 5.38 Å². The summed E-state index contributed by atoms with van der Waals surface area (Å²) in [7, 11) is 0. The standard InChI is InChI=1S/C9H13N3S/c1-9(2,12-5-3-4-10)8-11-6-7-13-8/h6-7,12H,3,5H2,1-2H3. The summed E-state index contributed by atoms with van der Waals surface area (Å²) in [5, 5.41) is 14.7. The minimum atomic E-state index is -0.120. The molecule has 3 nitrogen and oxygen atoms in total. The summed E-state index contributed by atoms with van der Waals surface area (Å²) in [6, 6.07) is 2.11. The molecule has 1 N–H and O–H groups in total. The van der Waals surface area contributed by atoms with Crippen LogP contribution in [0.15, 0.2) is 11.6 Å². The van der Waals surface area contributed by atoms with Gasteiger partial charge in [-0.05, 0) is 13.8 Å². The molecule has 1 rings (SSSR count). The van der Waals surface area contributed by atoms with Crippen molar-refractivity contribution in [2.75, 3.05) is 6.54 Å². The van der Waals surface area contributed by atoms with Crippen LogP contribution in [0, 0.1) is 11.3 Å². The molecule has 0 fully saturated rings. The third-order valence-corrected chi connectivity index (χ3v) is 2.87. The molecule has 0 aliphatic carbocycles. The van der Waals surface area contributed by atoms with Crippen molar-refractivity contribution in [2.24, 2.45) is 0 Å². The van der Waals surface area contributed by atoms with Gasteiger partial charge in [-0.25, -0.2) is 4.98 Å². The van der Waals surface area contributed by atoms with E-state index in [-0.39, 0.29) is 5.54 Å². The fourth-order valence-corrected chi connectivity index (χ4v) is 1.78. The van der Waals surface area contributed by atoms with Gasteiger partial charge in [0, 0.05) is 24.5 Å². The highest BCUT2D eigenvalue weighted by Crippen LogP contribution is 2.21. The third-order valence-electron chi connectivity index (χ3n) is 1.77. The maximum atomic E-state index is 8.39. The van der Waals surface area contributed by atoms with E-state index in [1.165, 1.54) is 0 Å². The number of hydrogen-bond acceptors (Lipinski definition) is 4. The van der Waals surface area contributed by atoms with Gasteiger partial charge in [-0.2, -0.15) is 5.26 Å². The largest absolute Gasteiger partial charge is 0.305 e. The Balaban J connectivity index is 2.52. The topological polar surface area (TPSA) is 48.7 Å². The SMILES string of the molecule is CC(C)(NCCC#N)c1nccs1. The second kappa shape index (κ2) is 4.35. The van der Waals surface area contributed by atoms with Crippen molar-refractivity contribution in [1.82, 2.24) is 10.3 Å². The van der Waals surface area contributed by atoms with Crippen LogP contribution < -0.4 is 5.32 Å². The second-order valence-electron chi connectivity index (χ2n) is 3.30. The first kappa shape index (κ1) is 10.2. The summed E-state index contributed by atoms with van der Waals surface area (Å²) in [6.07, 6.45) is 2.34. The lowest BCUT2D eigenvalue weighted by atomic mass is 10.1. The van der Waals surface area contributed by atoms with Gasteiger partial charge >= 0.3 is 0 Å². The van der Waals surface area contributed by atoms with Crippen LogP contribution in [0.4, 0.5) is 0 Å². The molecule has 0 aromatic carbocycles. The molecular formula is C9H13N3S. The Kier molecular flexibility index (Phi) is 3.40. The third kappa shape index (κ3) is 2.79. The lowest BCUT2D eigenvalue weighted by molar-refractivity contribution is 0.407. The first-order valence-corrected chi connectivity index (χ1v) is 5.07. The van der Waals surface area contributed by atoms with Crippen LogP contribution in [0.25, 0.3) is 0 Å². The summed E-state index contributed by atoms with van der Waals surface area (Å²) in [5.74, 6) is 0. The van der Waals surface area contributed by atoms with Crippen molar-refractivity contribution in [3.8, 4) is 6.07 Å². The molecule has 1 aromatic rings. The highest BCUT2D eigenvalue weighted by atomic mass is 32.1. The number of hydrogen-bond donors (Lipinski definition) is 1. The van der Waals surface area contributed by atoms with Gasteiger partial charge in [0.15, 0.2) is 0 Å². The summed E-state index contributed by atoms with van der Waals surface area (Å²) in [5.41, 5.74) is -0.120. The number of nitrogens with one attached hydrogen (secondary N) is 1. The van der Waals surface area contributed by atoms with Crippen LogP contribution in [-0.2, 0) is 5.54 Å². The van der Waals surface area contributed by atoms with E-state index in [4.69, 9.17) is 5.26 Å². The summed E-state index contributed by atoms with van der Waals surface area (Å²) < 4.78 is 0. The first-order chi connectivity index (χ1) is 6.17. The molecule has 70 valence electrons. The smallest absolute Gasteiger partial charge is 0.112 e. The fourth-order valence-electron chi connectivity index (χ4n) is 1.04. The first-order valence-electron chi connectivity index (χ1n) is 4.19. The predicted octanol–water partition coefficient (Wildman–Crippen LogP) is 1.88. The zero-order chi connectivity index (χ0) is 9.73. The lowest BCUT2D eigenvalue weighted by Crippen LogP contribution is -2.36. The number of aromatic nitrogens is 1. The van der Waals surface area contributed by atoms with Gasteiger partial charge < -0.3 is 5.32 Å². The Morgan fingerprint density at radius 2 is 2.46 bits per heavy atom. The van der Waals surface area contributed by atoms with Crippen molar-refractivity contribution < 1.29 is 0 Å². The fraction of sp³-hybridized carbons (Fsp3) is 0.556. The van der Waals surface area contributed by atoms with Crippen LogP contribution in [-0.4, -0.2) is 11.5 Å². The Bertz CT molecular complexity index is 284. The van der Waals surface area contributed by atoms with Crippen molar-refractivity contribution in [2.45, 2.75) is 25.8 Å². The van der Waals surface area contributed by atoms with Crippen LogP contribution in [0.1, 0.15) is 25.3 Å². The predicted molar refractivity (Wildman–Crippen MR) is 53.4 cm³/mol. The molecule has 13 heavy (non-hydrogen) atoms. The number of nitrogens with zero attached hydrogens (tertiary/aromatic N) is 2. The van der Waals surface area contributed by atoms with E-state index in [0.717, 1.165) is 5.01 Å². The highest BCUT2D eigenvalue weighted by Gasteiger charge is 2.21. The second-order valence-corrected chi connectivity index (χ2v) is 4.19. The van der Waals surface area contributed by atoms with Gasteiger partial charge in [0.25, 0.3) is 0 Å². The molecule has 0 bridgehead atoms. The van der Waals surface area contributed by atoms with Gasteiger partial charge in [-0.3, -0.25) is 0 Å². The quantitative estimate of drug-likeness (QED) is 0.746. The molecule has 0 spiro atoms. The zero-order valence-electron chi connectivity index (χ0n) is 7.87. The molecule has 0 aliphatic heterocycles. The zero-order valence-corrected chi connectivity index (χ0v) is 8.69. The summed E-state index contributed by atoms with van der Waals surface area (Å²) in [6.45, 7) is 4.86. The van der Waals surface area contributed by atoms with Gasteiger partial charge in [0.2, 0.25) is 0 Å². The Morgan fingerprint density at radius 3 is 3.00 bits per heavy atom. The van der Waals surface area contributed by atoms with E-state index in [2.05, 4.69) is 30.2 Å². The Hall–Kier alpha value is -0.920. The normalized spacial score (nSPS) is 11.2. The molecule has 4 heteroatoms. The average molecular weight is 195 g/mol. The van der Waals surface area contributed by atoms with Gasteiger partial charge in [0.1, 0.15) is 5.01 Å². The number of thiazole rings is 1. The van der Waals surface area contributed by atoms with Gasteiger partial charge in [-0.1, -0.05) is 0 Å². The van der Waals surface area contributed by atoms with E-state index in [9.17, 15) is 0 Å². The van der Waals surface area contributed by atoms with Crippen molar-refractivity contribution in [3.05, 3.63) is 16.6 Å². The monoisotopic (exact) mass is 195 g/mol. The Labute approximate surface area is 82.4 Å². The van der Waals surface area contributed by atoms with Crippen LogP contribution in [0.3, 0.4) is 0 Å². The van der Waals surface area contributed by atoms with E-state index < -0.39 is 0 Å². The molecule has 0 saturated heterocycles. The maximum absolute atomic E-state index is 8.39. The Morgan fingerprint density at radius 1 is 1.69 bits per heavy atom. The van der Waals surface area contributed by atoms with Gasteiger partial charge in [-0.15, -0.1) is 11.3 Å². The molecule has 0 saturated carbocycles. The highest BCUT2D eigenvalue weighted by molar-refractivity contribution is 7.09. The lowest BCUT2D eigenvalue weighted by Gasteiger charge is -2.23. The van der Waals surface area contributed by atoms with Crippen LogP contribution in [0.5, 0.6) is 0 Å². The number of rotatable bonds is 4. The maximum Gasteiger partial charge on any atom is 0.112 e.